The van der Waals surface area contributed by atoms with Crippen LogP contribution in [0.15, 0.2) is 121 Å². The Morgan fingerprint density at radius 1 is 0.694 bits per heavy atom. The first kappa shape index (κ1) is 22.0. The van der Waals surface area contributed by atoms with Crippen LogP contribution >= 0.6 is 0 Å². The molecule has 0 radical (unpaired) electrons. The van der Waals surface area contributed by atoms with Crippen LogP contribution in [0.25, 0.3) is 22.0 Å². The molecule has 36 heavy (non-hydrogen) atoms. The zero-order valence-corrected chi connectivity index (χ0v) is 20.5. The summed E-state index contributed by atoms with van der Waals surface area (Å²) < 4.78 is 6.01. The van der Waals surface area contributed by atoms with E-state index in [2.05, 4.69) is 120 Å². The van der Waals surface area contributed by atoms with E-state index in [0.717, 1.165) is 33.8 Å². The van der Waals surface area contributed by atoms with Gasteiger partial charge in [-0.15, -0.1) is 0 Å². The molecular weight excluding hydrogens is 440 g/mol. The summed E-state index contributed by atoms with van der Waals surface area (Å²) in [6.07, 6.45) is 2.00. The van der Waals surface area contributed by atoms with Crippen LogP contribution in [-0.4, -0.2) is 17.1 Å². The van der Waals surface area contributed by atoms with Gasteiger partial charge in [-0.1, -0.05) is 96.6 Å². The highest BCUT2D eigenvalue weighted by Gasteiger charge is 2.44. The van der Waals surface area contributed by atoms with Crippen LogP contribution in [-0.2, 0) is 5.41 Å². The molecule has 1 atom stereocenters. The molecule has 0 aliphatic rings. The number of hydrogen-bond acceptors (Lipinski definition) is 1. The second-order valence-corrected chi connectivity index (χ2v) is 9.19. The first-order chi connectivity index (χ1) is 17.7. The summed E-state index contributed by atoms with van der Waals surface area (Å²) >= 11 is 0. The SMILES string of the molecule is COc1ccccc1[C@@](c1ccc(C)cc1)(c1ccc[nH]1)c1[nH]c2ccccc2c1-c1ccccc1. The summed E-state index contributed by atoms with van der Waals surface area (Å²) in [5.74, 6) is 0.838. The van der Waals surface area contributed by atoms with E-state index in [-0.39, 0.29) is 0 Å². The second kappa shape index (κ2) is 8.94. The molecule has 0 saturated heterocycles. The lowest BCUT2D eigenvalue weighted by Crippen LogP contribution is -2.33. The number of aryl methyl sites for hydroxylation is 1. The highest BCUT2D eigenvalue weighted by atomic mass is 16.5. The Balaban J connectivity index is 1.84. The maximum atomic E-state index is 6.01. The molecule has 176 valence electrons. The number of nitrogens with one attached hydrogen (secondary N) is 2. The van der Waals surface area contributed by atoms with Crippen molar-refractivity contribution >= 4 is 10.9 Å². The number of para-hydroxylation sites is 2. The van der Waals surface area contributed by atoms with E-state index in [1.807, 2.05) is 18.3 Å². The van der Waals surface area contributed by atoms with E-state index in [1.54, 1.807) is 7.11 Å². The lowest BCUT2D eigenvalue weighted by Gasteiger charge is -2.36. The maximum absolute atomic E-state index is 6.01. The fourth-order valence-electron chi connectivity index (χ4n) is 5.52. The van der Waals surface area contributed by atoms with Gasteiger partial charge >= 0.3 is 0 Å². The molecule has 6 rings (SSSR count). The highest BCUT2D eigenvalue weighted by Crippen LogP contribution is 2.51. The van der Waals surface area contributed by atoms with Crippen LogP contribution < -0.4 is 4.74 Å². The standard InChI is InChI=1S/C33H28N2O/c1-23-18-20-25(21-19-23)33(30-17-10-22-34-30,27-14-7-9-16-29(27)36-2)32-31(24-11-4-3-5-12-24)26-13-6-8-15-28(26)35-32/h3-22,34-35H,1-2H3/t33-/m0/s1. The van der Waals surface area contributed by atoms with Crippen molar-refractivity contribution < 1.29 is 4.74 Å². The van der Waals surface area contributed by atoms with Crippen molar-refractivity contribution in [1.29, 1.82) is 0 Å². The van der Waals surface area contributed by atoms with Crippen LogP contribution in [0.2, 0.25) is 0 Å². The molecule has 0 bridgehead atoms. The second-order valence-electron chi connectivity index (χ2n) is 9.19. The van der Waals surface area contributed by atoms with Crippen molar-refractivity contribution in [3.8, 4) is 16.9 Å². The molecule has 0 spiro atoms. The number of ether oxygens (including phenoxy) is 1. The van der Waals surface area contributed by atoms with Gasteiger partial charge in [-0.05, 0) is 42.3 Å². The quantitative estimate of drug-likeness (QED) is 0.257. The largest absolute Gasteiger partial charge is 0.496 e. The van der Waals surface area contributed by atoms with Crippen molar-refractivity contribution in [2.45, 2.75) is 12.3 Å². The van der Waals surface area contributed by atoms with Gasteiger partial charge in [-0.25, -0.2) is 0 Å². The smallest absolute Gasteiger partial charge is 0.123 e. The normalized spacial score (nSPS) is 12.9. The van der Waals surface area contributed by atoms with Gasteiger partial charge in [0.2, 0.25) is 0 Å². The van der Waals surface area contributed by atoms with Crippen molar-refractivity contribution in [1.82, 2.24) is 9.97 Å². The summed E-state index contributed by atoms with van der Waals surface area (Å²) in [6.45, 7) is 2.13. The van der Waals surface area contributed by atoms with Gasteiger partial charge < -0.3 is 14.7 Å². The van der Waals surface area contributed by atoms with Crippen LogP contribution in [0.4, 0.5) is 0 Å². The molecule has 4 aromatic carbocycles. The summed E-state index contributed by atoms with van der Waals surface area (Å²) in [7, 11) is 1.75. The third-order valence-electron chi connectivity index (χ3n) is 7.14. The Morgan fingerprint density at radius 3 is 2.17 bits per heavy atom. The average molecular weight is 469 g/mol. The van der Waals surface area contributed by atoms with Crippen molar-refractivity contribution in [3.05, 3.63) is 150 Å². The maximum Gasteiger partial charge on any atom is 0.123 e. The molecule has 0 amide bonds. The molecule has 0 aliphatic heterocycles. The van der Waals surface area contributed by atoms with Crippen LogP contribution in [0.3, 0.4) is 0 Å². The molecule has 3 nitrogen and oxygen atoms in total. The molecule has 2 heterocycles. The molecule has 0 fully saturated rings. The highest BCUT2D eigenvalue weighted by molar-refractivity contribution is 5.99. The summed E-state index contributed by atoms with van der Waals surface area (Å²) in [5, 5.41) is 1.19. The molecule has 0 saturated carbocycles. The van der Waals surface area contributed by atoms with Crippen molar-refractivity contribution in [3.63, 3.8) is 0 Å². The number of benzene rings is 4. The lowest BCUT2D eigenvalue weighted by atomic mass is 9.67. The van der Waals surface area contributed by atoms with E-state index in [0.29, 0.717) is 0 Å². The van der Waals surface area contributed by atoms with Crippen LogP contribution in [0.1, 0.15) is 28.1 Å². The molecule has 3 heteroatoms. The number of hydrogen-bond donors (Lipinski definition) is 2. The van der Waals surface area contributed by atoms with E-state index in [4.69, 9.17) is 4.74 Å². The molecule has 2 N–H and O–H groups in total. The van der Waals surface area contributed by atoms with Gasteiger partial charge in [0.05, 0.1) is 7.11 Å². The lowest BCUT2D eigenvalue weighted by molar-refractivity contribution is 0.404. The van der Waals surface area contributed by atoms with Gasteiger partial charge in [0, 0.05) is 39.6 Å². The van der Waals surface area contributed by atoms with E-state index in [1.165, 1.54) is 22.1 Å². The van der Waals surface area contributed by atoms with Crippen molar-refractivity contribution in [2.24, 2.45) is 0 Å². The van der Waals surface area contributed by atoms with E-state index >= 15 is 0 Å². The number of rotatable bonds is 6. The Labute approximate surface area is 211 Å². The molecule has 2 aromatic heterocycles. The van der Waals surface area contributed by atoms with Crippen LogP contribution in [0, 0.1) is 6.92 Å². The van der Waals surface area contributed by atoms with Gasteiger partial charge in [0.25, 0.3) is 0 Å². The van der Waals surface area contributed by atoms with Gasteiger partial charge in [0.1, 0.15) is 11.2 Å². The number of methoxy groups -OCH3 is 1. The minimum Gasteiger partial charge on any atom is -0.496 e. The molecule has 6 aromatic rings. The molecule has 0 unspecified atom stereocenters. The van der Waals surface area contributed by atoms with Gasteiger partial charge in [-0.3, -0.25) is 0 Å². The fourth-order valence-corrected chi connectivity index (χ4v) is 5.52. The first-order valence-corrected chi connectivity index (χ1v) is 12.2. The Hall–Kier alpha value is -4.50. The average Bonchev–Trinajstić information content (AvgIpc) is 3.60. The number of H-pyrrole nitrogens is 2. The third kappa shape index (κ3) is 3.36. The van der Waals surface area contributed by atoms with Crippen LogP contribution in [0.5, 0.6) is 5.75 Å². The predicted octanol–water partition coefficient (Wildman–Crippen LogP) is 7.86. The Bertz CT molecular complexity index is 1610. The zero-order valence-electron chi connectivity index (χ0n) is 20.5. The van der Waals surface area contributed by atoms with Gasteiger partial charge in [-0.2, -0.15) is 0 Å². The fraction of sp³-hybridized carbons (Fsp3) is 0.0909. The Kier molecular flexibility index (Phi) is 5.46. The minimum atomic E-state index is -0.687. The number of aromatic nitrogens is 2. The summed E-state index contributed by atoms with van der Waals surface area (Å²) in [5.41, 5.74) is 8.39. The monoisotopic (exact) mass is 468 g/mol. The minimum absolute atomic E-state index is 0.687. The molecule has 0 aliphatic carbocycles. The van der Waals surface area contributed by atoms with Gasteiger partial charge in [0.15, 0.2) is 0 Å². The van der Waals surface area contributed by atoms with E-state index in [9.17, 15) is 0 Å². The van der Waals surface area contributed by atoms with E-state index < -0.39 is 5.41 Å². The summed E-state index contributed by atoms with van der Waals surface area (Å²) in [4.78, 5) is 7.47. The summed E-state index contributed by atoms with van der Waals surface area (Å²) in [6, 6.07) is 40.6. The zero-order chi connectivity index (χ0) is 24.5. The third-order valence-corrected chi connectivity index (χ3v) is 7.14. The topological polar surface area (TPSA) is 40.8 Å². The number of aromatic amines is 2. The van der Waals surface area contributed by atoms with Crippen molar-refractivity contribution in [2.75, 3.05) is 7.11 Å². The predicted molar refractivity (Wildman–Crippen MR) is 148 cm³/mol. The molecular formula is C33H28N2O. The first-order valence-electron chi connectivity index (χ1n) is 12.2. The Morgan fingerprint density at radius 2 is 1.42 bits per heavy atom. The number of fused-ring (bicyclic) bond motifs is 1.